The van der Waals surface area contributed by atoms with Gasteiger partial charge in [0.1, 0.15) is 5.54 Å². The third-order valence-electron chi connectivity index (χ3n) is 2.83. The van der Waals surface area contributed by atoms with Gasteiger partial charge in [-0.1, -0.05) is 13.8 Å². The van der Waals surface area contributed by atoms with Gasteiger partial charge in [0.15, 0.2) is 0 Å². The van der Waals surface area contributed by atoms with E-state index in [0.29, 0.717) is 11.7 Å². The summed E-state index contributed by atoms with van der Waals surface area (Å²) < 4.78 is 0. The second kappa shape index (κ2) is 5.75. The zero-order valence-electron chi connectivity index (χ0n) is 9.58. The summed E-state index contributed by atoms with van der Waals surface area (Å²) in [6.45, 7) is 4.83. The lowest BCUT2D eigenvalue weighted by Gasteiger charge is -2.30. The molecule has 1 atom stereocenters. The van der Waals surface area contributed by atoms with Gasteiger partial charge in [0.25, 0.3) is 0 Å². The molecule has 3 nitrogen and oxygen atoms in total. The average molecular weight is 231 g/mol. The van der Waals surface area contributed by atoms with E-state index in [-0.39, 0.29) is 0 Å². The van der Waals surface area contributed by atoms with Crippen molar-refractivity contribution < 1.29 is 9.90 Å². The van der Waals surface area contributed by atoms with E-state index < -0.39 is 11.5 Å². The Kier molecular flexibility index (Phi) is 4.93. The van der Waals surface area contributed by atoms with Crippen molar-refractivity contribution in [2.75, 3.05) is 18.1 Å². The van der Waals surface area contributed by atoms with Crippen molar-refractivity contribution in [3.05, 3.63) is 0 Å². The Morgan fingerprint density at radius 2 is 2.20 bits per heavy atom. The predicted molar refractivity (Wildman–Crippen MR) is 64.4 cm³/mol. The van der Waals surface area contributed by atoms with Gasteiger partial charge in [0.05, 0.1) is 0 Å². The van der Waals surface area contributed by atoms with Crippen LogP contribution >= 0.6 is 11.8 Å². The van der Waals surface area contributed by atoms with Crippen LogP contribution in [0.5, 0.6) is 0 Å². The van der Waals surface area contributed by atoms with Gasteiger partial charge in [-0.05, 0) is 37.5 Å². The molecule has 0 saturated heterocycles. The second-order valence-corrected chi connectivity index (χ2v) is 5.24. The molecule has 1 rings (SSSR count). The molecule has 1 unspecified atom stereocenters. The minimum absolute atomic E-state index is 0.347. The van der Waals surface area contributed by atoms with Gasteiger partial charge < -0.3 is 10.4 Å². The first-order valence-electron chi connectivity index (χ1n) is 5.73. The maximum Gasteiger partial charge on any atom is 0.325 e. The SMILES string of the molecule is CCCSCC(NCC)(C(=O)O)C1CC1. The molecule has 0 aromatic rings. The highest BCUT2D eigenvalue weighted by Crippen LogP contribution is 2.41. The Labute approximate surface area is 96.0 Å². The van der Waals surface area contributed by atoms with Crippen LogP contribution in [0.3, 0.4) is 0 Å². The molecule has 0 amide bonds. The highest BCUT2D eigenvalue weighted by Gasteiger charge is 2.50. The first-order chi connectivity index (χ1) is 7.17. The lowest BCUT2D eigenvalue weighted by atomic mass is 9.96. The standard InChI is InChI=1S/C11H21NO2S/c1-3-7-15-8-11(10(13)14,12-4-2)9-5-6-9/h9,12H,3-8H2,1-2H3,(H,13,14). The molecule has 2 N–H and O–H groups in total. The third-order valence-corrected chi connectivity index (χ3v) is 4.18. The Bertz CT molecular complexity index is 219. The van der Waals surface area contributed by atoms with Crippen LogP contribution in [-0.2, 0) is 4.79 Å². The van der Waals surface area contributed by atoms with Gasteiger partial charge >= 0.3 is 5.97 Å². The van der Waals surface area contributed by atoms with E-state index in [2.05, 4.69) is 12.2 Å². The number of aliphatic carboxylic acids is 1. The number of carboxylic acid groups (broad SMARTS) is 1. The van der Waals surface area contributed by atoms with Crippen molar-refractivity contribution in [3.8, 4) is 0 Å². The maximum atomic E-state index is 11.4. The molecule has 4 heteroatoms. The molecule has 0 aliphatic heterocycles. The Morgan fingerprint density at radius 1 is 1.53 bits per heavy atom. The molecule has 1 aliphatic rings. The number of hydrogen-bond acceptors (Lipinski definition) is 3. The first-order valence-corrected chi connectivity index (χ1v) is 6.89. The summed E-state index contributed by atoms with van der Waals surface area (Å²) in [5, 5.41) is 12.6. The molecule has 0 bridgehead atoms. The zero-order valence-corrected chi connectivity index (χ0v) is 10.4. The normalized spacial score (nSPS) is 19.9. The highest BCUT2D eigenvalue weighted by atomic mass is 32.2. The lowest BCUT2D eigenvalue weighted by molar-refractivity contribution is -0.144. The number of thioether (sulfide) groups is 1. The summed E-state index contributed by atoms with van der Waals surface area (Å²) in [5.74, 6) is 1.43. The smallest absolute Gasteiger partial charge is 0.325 e. The number of carboxylic acids is 1. The largest absolute Gasteiger partial charge is 0.480 e. The fourth-order valence-corrected chi connectivity index (χ4v) is 3.11. The molecular formula is C11H21NO2S. The summed E-state index contributed by atoms with van der Waals surface area (Å²) >= 11 is 1.75. The Hall–Kier alpha value is -0.220. The van der Waals surface area contributed by atoms with E-state index in [9.17, 15) is 9.90 Å². The fraction of sp³-hybridized carbons (Fsp3) is 0.909. The van der Waals surface area contributed by atoms with Crippen LogP contribution in [0, 0.1) is 5.92 Å². The summed E-state index contributed by atoms with van der Waals surface area (Å²) in [6, 6.07) is 0. The number of rotatable bonds is 8. The maximum absolute atomic E-state index is 11.4. The van der Waals surface area contributed by atoms with E-state index in [0.717, 1.165) is 31.6 Å². The zero-order chi connectivity index (χ0) is 11.3. The predicted octanol–water partition coefficient (Wildman–Crippen LogP) is 1.97. The van der Waals surface area contributed by atoms with Gasteiger partial charge in [0, 0.05) is 5.75 Å². The van der Waals surface area contributed by atoms with Gasteiger partial charge in [-0.15, -0.1) is 0 Å². The van der Waals surface area contributed by atoms with E-state index in [1.165, 1.54) is 0 Å². The van der Waals surface area contributed by atoms with Crippen LogP contribution in [0.1, 0.15) is 33.1 Å². The quantitative estimate of drug-likeness (QED) is 0.627. The van der Waals surface area contributed by atoms with Crippen LogP contribution in [0.15, 0.2) is 0 Å². The molecule has 0 heterocycles. The van der Waals surface area contributed by atoms with Crippen molar-refractivity contribution in [2.45, 2.75) is 38.6 Å². The fourth-order valence-electron chi connectivity index (χ4n) is 1.89. The van der Waals surface area contributed by atoms with E-state index in [1.54, 1.807) is 11.8 Å². The van der Waals surface area contributed by atoms with Crippen LogP contribution < -0.4 is 5.32 Å². The van der Waals surface area contributed by atoms with Gasteiger partial charge in [-0.3, -0.25) is 4.79 Å². The van der Waals surface area contributed by atoms with Crippen molar-refractivity contribution in [3.63, 3.8) is 0 Å². The summed E-state index contributed by atoms with van der Waals surface area (Å²) in [6.07, 6.45) is 3.23. The second-order valence-electron chi connectivity index (χ2n) is 4.13. The molecule has 88 valence electrons. The number of hydrogen-bond donors (Lipinski definition) is 2. The van der Waals surface area contributed by atoms with Crippen molar-refractivity contribution in [1.82, 2.24) is 5.32 Å². The summed E-state index contributed by atoms with van der Waals surface area (Å²) in [7, 11) is 0. The monoisotopic (exact) mass is 231 g/mol. The number of carbonyl (C=O) groups is 1. The van der Waals surface area contributed by atoms with Crippen molar-refractivity contribution >= 4 is 17.7 Å². The number of nitrogens with one attached hydrogen (secondary N) is 1. The first kappa shape index (κ1) is 12.8. The van der Waals surface area contributed by atoms with E-state index in [1.807, 2.05) is 6.92 Å². The van der Waals surface area contributed by atoms with Crippen LogP contribution in [0.25, 0.3) is 0 Å². The summed E-state index contributed by atoms with van der Waals surface area (Å²) in [4.78, 5) is 11.4. The minimum atomic E-state index is -0.671. The molecule has 1 fully saturated rings. The topological polar surface area (TPSA) is 49.3 Å². The highest BCUT2D eigenvalue weighted by molar-refractivity contribution is 7.99. The van der Waals surface area contributed by atoms with Crippen LogP contribution in [0.4, 0.5) is 0 Å². The molecule has 0 aromatic carbocycles. The van der Waals surface area contributed by atoms with Crippen molar-refractivity contribution in [2.24, 2.45) is 5.92 Å². The van der Waals surface area contributed by atoms with Gasteiger partial charge in [-0.25, -0.2) is 0 Å². The van der Waals surface area contributed by atoms with Gasteiger partial charge in [0.2, 0.25) is 0 Å². The summed E-state index contributed by atoms with van der Waals surface area (Å²) in [5.41, 5.74) is -0.658. The molecule has 0 aromatic heterocycles. The average Bonchev–Trinajstić information content (AvgIpc) is 3.00. The molecule has 0 radical (unpaired) electrons. The third kappa shape index (κ3) is 3.11. The molecule has 0 spiro atoms. The Morgan fingerprint density at radius 3 is 2.60 bits per heavy atom. The molecule has 1 saturated carbocycles. The Balaban J connectivity index is 2.59. The van der Waals surface area contributed by atoms with Crippen LogP contribution in [0.2, 0.25) is 0 Å². The van der Waals surface area contributed by atoms with E-state index >= 15 is 0 Å². The number of likely N-dealkylation sites (N-methyl/N-ethyl adjacent to an activating group) is 1. The van der Waals surface area contributed by atoms with E-state index in [4.69, 9.17) is 0 Å². The van der Waals surface area contributed by atoms with Crippen molar-refractivity contribution in [1.29, 1.82) is 0 Å². The molecule has 15 heavy (non-hydrogen) atoms. The molecular weight excluding hydrogens is 210 g/mol. The van der Waals surface area contributed by atoms with Gasteiger partial charge in [-0.2, -0.15) is 11.8 Å². The van der Waals surface area contributed by atoms with Crippen LogP contribution in [-0.4, -0.2) is 34.7 Å². The lowest BCUT2D eigenvalue weighted by Crippen LogP contribution is -2.56. The minimum Gasteiger partial charge on any atom is -0.480 e. The molecule has 1 aliphatic carbocycles.